The third kappa shape index (κ3) is 4.60. The highest BCUT2D eigenvalue weighted by atomic mass is 16.1. The van der Waals surface area contributed by atoms with Crippen LogP contribution in [0.5, 0.6) is 0 Å². The van der Waals surface area contributed by atoms with Crippen molar-refractivity contribution in [1.82, 2.24) is 5.32 Å². The van der Waals surface area contributed by atoms with Crippen LogP contribution in [0.2, 0.25) is 0 Å². The molecule has 106 valence electrons. The molecule has 1 aliphatic rings. The number of carbonyl (C=O) groups is 1. The Bertz CT molecular complexity index is 253. The van der Waals surface area contributed by atoms with E-state index in [2.05, 4.69) is 19.2 Å². The third-order valence-corrected chi connectivity index (χ3v) is 4.29. The Morgan fingerprint density at radius 2 is 1.94 bits per heavy atom. The first-order valence-corrected chi connectivity index (χ1v) is 7.56. The van der Waals surface area contributed by atoms with Crippen LogP contribution in [0.25, 0.3) is 0 Å². The lowest BCUT2D eigenvalue weighted by Gasteiger charge is -2.35. The van der Waals surface area contributed by atoms with Gasteiger partial charge in [-0.2, -0.15) is 0 Å². The summed E-state index contributed by atoms with van der Waals surface area (Å²) in [6, 6.07) is 0.395. The number of rotatable bonds is 6. The van der Waals surface area contributed by atoms with Crippen LogP contribution in [-0.2, 0) is 4.79 Å². The number of amides is 1. The van der Waals surface area contributed by atoms with Gasteiger partial charge in [-0.1, -0.05) is 33.6 Å². The first-order chi connectivity index (χ1) is 8.56. The zero-order chi connectivity index (χ0) is 13.5. The standard InChI is InChI=1S/C15H30N2O/c1-11(2)13-8-4-5-9-14(13)17-15(18)12(3)7-6-10-16/h11-14H,4-10,16H2,1-3H3,(H,17,18). The highest BCUT2D eigenvalue weighted by Gasteiger charge is 2.29. The first kappa shape index (κ1) is 15.5. The summed E-state index contributed by atoms with van der Waals surface area (Å²) in [5.41, 5.74) is 5.49. The Morgan fingerprint density at radius 1 is 1.28 bits per heavy atom. The molecule has 0 aromatic rings. The van der Waals surface area contributed by atoms with Crippen LogP contribution < -0.4 is 11.1 Å². The Morgan fingerprint density at radius 3 is 2.56 bits per heavy atom. The van der Waals surface area contributed by atoms with Crippen LogP contribution >= 0.6 is 0 Å². The quantitative estimate of drug-likeness (QED) is 0.765. The van der Waals surface area contributed by atoms with Crippen molar-refractivity contribution < 1.29 is 4.79 Å². The topological polar surface area (TPSA) is 55.1 Å². The Kier molecular flexibility index (Phi) is 6.69. The molecule has 1 amide bonds. The van der Waals surface area contributed by atoms with E-state index in [4.69, 9.17) is 5.73 Å². The molecule has 0 aromatic heterocycles. The maximum Gasteiger partial charge on any atom is 0.223 e. The second kappa shape index (κ2) is 7.78. The molecular weight excluding hydrogens is 224 g/mol. The molecule has 3 heteroatoms. The Balaban J connectivity index is 2.45. The fourth-order valence-corrected chi connectivity index (χ4v) is 3.02. The smallest absolute Gasteiger partial charge is 0.223 e. The molecule has 1 saturated carbocycles. The van der Waals surface area contributed by atoms with Crippen molar-refractivity contribution in [2.75, 3.05) is 6.54 Å². The molecule has 3 N–H and O–H groups in total. The van der Waals surface area contributed by atoms with Crippen molar-refractivity contribution in [2.24, 2.45) is 23.5 Å². The molecule has 1 fully saturated rings. The van der Waals surface area contributed by atoms with Crippen molar-refractivity contribution in [2.45, 2.75) is 65.3 Å². The average molecular weight is 254 g/mol. The van der Waals surface area contributed by atoms with E-state index in [9.17, 15) is 4.79 Å². The molecule has 0 saturated heterocycles. The molecule has 0 aliphatic heterocycles. The zero-order valence-corrected chi connectivity index (χ0v) is 12.2. The monoisotopic (exact) mass is 254 g/mol. The Labute approximate surface area is 112 Å². The molecule has 18 heavy (non-hydrogen) atoms. The molecule has 0 bridgehead atoms. The SMILES string of the molecule is CC(CCCN)C(=O)NC1CCCCC1C(C)C. The highest BCUT2D eigenvalue weighted by Crippen LogP contribution is 2.30. The number of carbonyl (C=O) groups excluding carboxylic acids is 1. The van der Waals surface area contributed by atoms with Crippen LogP contribution in [0, 0.1) is 17.8 Å². The summed E-state index contributed by atoms with van der Waals surface area (Å²) in [4.78, 5) is 12.1. The van der Waals surface area contributed by atoms with Crippen LogP contribution in [-0.4, -0.2) is 18.5 Å². The normalized spacial score (nSPS) is 26.1. The Hall–Kier alpha value is -0.570. The van der Waals surface area contributed by atoms with Gasteiger partial charge < -0.3 is 11.1 Å². The van der Waals surface area contributed by atoms with Gasteiger partial charge in [0.1, 0.15) is 0 Å². The number of hydrogen-bond acceptors (Lipinski definition) is 2. The van der Waals surface area contributed by atoms with Gasteiger partial charge in [-0.3, -0.25) is 4.79 Å². The zero-order valence-electron chi connectivity index (χ0n) is 12.2. The van der Waals surface area contributed by atoms with Gasteiger partial charge in [0.15, 0.2) is 0 Å². The minimum atomic E-state index is 0.100. The summed E-state index contributed by atoms with van der Waals surface area (Å²) in [5, 5.41) is 3.28. The predicted molar refractivity (Wildman–Crippen MR) is 76.2 cm³/mol. The summed E-state index contributed by atoms with van der Waals surface area (Å²) in [7, 11) is 0. The molecule has 3 unspecified atom stereocenters. The van der Waals surface area contributed by atoms with Crippen LogP contribution in [0.3, 0.4) is 0 Å². The minimum Gasteiger partial charge on any atom is -0.353 e. The van der Waals surface area contributed by atoms with Gasteiger partial charge in [-0.15, -0.1) is 0 Å². The molecule has 3 nitrogen and oxygen atoms in total. The van der Waals surface area contributed by atoms with E-state index in [0.29, 0.717) is 24.4 Å². The van der Waals surface area contributed by atoms with Crippen molar-refractivity contribution in [1.29, 1.82) is 0 Å². The molecule has 0 radical (unpaired) electrons. The first-order valence-electron chi connectivity index (χ1n) is 7.56. The molecule has 3 atom stereocenters. The number of hydrogen-bond donors (Lipinski definition) is 2. The summed E-state index contributed by atoms with van der Waals surface area (Å²) in [6.07, 6.45) is 6.83. The molecule has 0 aromatic carbocycles. The van der Waals surface area contributed by atoms with E-state index in [1.165, 1.54) is 19.3 Å². The summed E-state index contributed by atoms with van der Waals surface area (Å²) >= 11 is 0. The number of nitrogens with two attached hydrogens (primary N) is 1. The van der Waals surface area contributed by atoms with Crippen molar-refractivity contribution in [3.8, 4) is 0 Å². The van der Waals surface area contributed by atoms with Gasteiger partial charge in [0.2, 0.25) is 5.91 Å². The van der Waals surface area contributed by atoms with Gasteiger partial charge in [0, 0.05) is 12.0 Å². The third-order valence-electron chi connectivity index (χ3n) is 4.29. The average Bonchev–Trinajstić information content (AvgIpc) is 2.36. The molecule has 0 heterocycles. The highest BCUT2D eigenvalue weighted by molar-refractivity contribution is 5.78. The maximum atomic E-state index is 12.1. The lowest BCUT2D eigenvalue weighted by Crippen LogP contribution is -2.45. The lowest BCUT2D eigenvalue weighted by atomic mass is 9.77. The van der Waals surface area contributed by atoms with Crippen molar-refractivity contribution >= 4 is 5.91 Å². The second-order valence-electron chi connectivity index (χ2n) is 6.14. The second-order valence-corrected chi connectivity index (χ2v) is 6.14. The fourth-order valence-electron chi connectivity index (χ4n) is 3.02. The molecular formula is C15H30N2O. The van der Waals surface area contributed by atoms with E-state index >= 15 is 0 Å². The summed E-state index contributed by atoms with van der Waals surface area (Å²) in [5.74, 6) is 1.64. The molecule has 1 rings (SSSR count). The fraction of sp³-hybridized carbons (Fsp3) is 0.933. The van der Waals surface area contributed by atoms with E-state index in [1.54, 1.807) is 0 Å². The van der Waals surface area contributed by atoms with Gasteiger partial charge in [0.05, 0.1) is 0 Å². The molecule has 0 spiro atoms. The van der Waals surface area contributed by atoms with Crippen molar-refractivity contribution in [3.05, 3.63) is 0 Å². The van der Waals surface area contributed by atoms with Crippen LogP contribution in [0.15, 0.2) is 0 Å². The van der Waals surface area contributed by atoms with Crippen LogP contribution in [0.1, 0.15) is 59.3 Å². The van der Waals surface area contributed by atoms with Gasteiger partial charge in [-0.25, -0.2) is 0 Å². The van der Waals surface area contributed by atoms with Gasteiger partial charge in [-0.05, 0) is 44.1 Å². The van der Waals surface area contributed by atoms with Crippen LogP contribution in [0.4, 0.5) is 0 Å². The van der Waals surface area contributed by atoms with Gasteiger partial charge in [0.25, 0.3) is 0 Å². The summed E-state index contributed by atoms with van der Waals surface area (Å²) in [6.45, 7) is 7.23. The summed E-state index contributed by atoms with van der Waals surface area (Å²) < 4.78 is 0. The predicted octanol–water partition coefficient (Wildman–Crippen LogP) is 2.69. The van der Waals surface area contributed by atoms with E-state index < -0.39 is 0 Å². The van der Waals surface area contributed by atoms with Crippen molar-refractivity contribution in [3.63, 3.8) is 0 Å². The molecule has 1 aliphatic carbocycles. The maximum absolute atomic E-state index is 12.1. The number of nitrogens with one attached hydrogen (secondary N) is 1. The lowest BCUT2D eigenvalue weighted by molar-refractivity contribution is -0.126. The van der Waals surface area contributed by atoms with E-state index in [0.717, 1.165) is 19.3 Å². The van der Waals surface area contributed by atoms with E-state index in [1.807, 2.05) is 6.92 Å². The van der Waals surface area contributed by atoms with E-state index in [-0.39, 0.29) is 11.8 Å². The minimum absolute atomic E-state index is 0.100. The largest absolute Gasteiger partial charge is 0.353 e. The van der Waals surface area contributed by atoms with Gasteiger partial charge >= 0.3 is 0 Å².